The highest BCUT2D eigenvalue weighted by Gasteiger charge is 2.28. The van der Waals surface area contributed by atoms with Crippen molar-refractivity contribution in [2.45, 2.75) is 18.9 Å². The van der Waals surface area contributed by atoms with E-state index in [1.54, 1.807) is 18.6 Å². The van der Waals surface area contributed by atoms with Gasteiger partial charge in [-0.3, -0.25) is 9.69 Å². The van der Waals surface area contributed by atoms with E-state index in [2.05, 4.69) is 10.1 Å². The Labute approximate surface area is 194 Å². The summed E-state index contributed by atoms with van der Waals surface area (Å²) in [7, 11) is 1.50. The van der Waals surface area contributed by atoms with Gasteiger partial charge in [-0.15, -0.1) is 0 Å². The molecule has 0 atom stereocenters. The number of aromatic carboxylic acids is 1. The van der Waals surface area contributed by atoms with Crippen molar-refractivity contribution in [3.05, 3.63) is 64.1 Å². The normalized spacial score (nSPS) is 17.4. The fourth-order valence-corrected chi connectivity index (χ4v) is 4.48. The largest absolute Gasteiger partial charge is 0.477 e. The summed E-state index contributed by atoms with van der Waals surface area (Å²) in [5, 5.41) is 13.6. The number of hydrogen-bond acceptors (Lipinski definition) is 7. The molecule has 3 heterocycles. The van der Waals surface area contributed by atoms with E-state index in [0.717, 1.165) is 24.1 Å². The number of halogens is 1. The average molecular weight is 468 g/mol. The van der Waals surface area contributed by atoms with E-state index in [4.69, 9.17) is 9.25 Å². The first-order valence-electron chi connectivity index (χ1n) is 11.2. The minimum absolute atomic E-state index is 0.104. The van der Waals surface area contributed by atoms with Crippen LogP contribution in [0.5, 0.6) is 0 Å². The van der Waals surface area contributed by atoms with Crippen molar-refractivity contribution in [1.29, 1.82) is 0 Å². The van der Waals surface area contributed by atoms with E-state index in [-0.39, 0.29) is 17.0 Å². The third-order valence-corrected chi connectivity index (χ3v) is 6.41. The minimum atomic E-state index is -1.30. The quantitative estimate of drug-likeness (QED) is 0.420. The summed E-state index contributed by atoms with van der Waals surface area (Å²) in [4.78, 5) is 33.4. The predicted octanol–water partition coefficient (Wildman–Crippen LogP) is 2.94. The maximum absolute atomic E-state index is 15.2. The van der Waals surface area contributed by atoms with E-state index < -0.39 is 17.2 Å². The zero-order valence-electron chi connectivity index (χ0n) is 18.7. The molecule has 0 spiro atoms. The Morgan fingerprint density at radius 3 is 2.65 bits per heavy atom. The number of pyridine rings is 1. The van der Waals surface area contributed by atoms with Gasteiger partial charge in [0.05, 0.1) is 23.7 Å². The maximum Gasteiger partial charge on any atom is 0.341 e. The van der Waals surface area contributed by atoms with Crippen LogP contribution in [0.3, 0.4) is 0 Å². The number of carboxylic acids is 1. The molecule has 2 aliphatic rings. The lowest BCUT2D eigenvalue weighted by Gasteiger charge is -2.36. The van der Waals surface area contributed by atoms with Gasteiger partial charge in [0.1, 0.15) is 24.2 Å². The van der Waals surface area contributed by atoms with E-state index in [0.29, 0.717) is 43.9 Å². The number of hydrogen-bond donors (Lipinski definition) is 1. The molecule has 1 saturated carbocycles. The molecule has 1 saturated heterocycles. The highest BCUT2D eigenvalue weighted by atomic mass is 19.1. The van der Waals surface area contributed by atoms with E-state index in [1.165, 1.54) is 19.4 Å². The molecule has 0 radical (unpaired) electrons. The zero-order chi connectivity index (χ0) is 23.8. The smallest absolute Gasteiger partial charge is 0.341 e. The number of carbonyl (C=O) groups is 1. The Hall–Kier alpha value is -3.66. The highest BCUT2D eigenvalue weighted by molar-refractivity contribution is 6.01. The summed E-state index contributed by atoms with van der Waals surface area (Å²) in [6.45, 7) is 3.13. The van der Waals surface area contributed by atoms with Crippen LogP contribution in [0.15, 0.2) is 51.3 Å². The molecule has 10 heteroatoms. The molecule has 1 aromatic carbocycles. The molecule has 0 unspecified atom stereocenters. The zero-order valence-corrected chi connectivity index (χ0v) is 18.7. The molecule has 3 aromatic rings. The van der Waals surface area contributed by atoms with Crippen molar-refractivity contribution < 1.29 is 23.5 Å². The third-order valence-electron chi connectivity index (χ3n) is 6.41. The molecule has 1 N–H and O–H groups in total. The second-order valence-corrected chi connectivity index (χ2v) is 8.63. The van der Waals surface area contributed by atoms with Gasteiger partial charge in [0, 0.05) is 55.9 Å². The van der Waals surface area contributed by atoms with Gasteiger partial charge in [-0.1, -0.05) is 5.16 Å². The van der Waals surface area contributed by atoms with Crippen LogP contribution < -0.4 is 10.3 Å². The molecule has 9 nitrogen and oxygen atoms in total. The molecule has 0 amide bonds. The standard InChI is InChI=1S/C24H25FN4O5/c1-33-26-20(15-4-9-34-14-15)13-27-5-7-28(8-6-27)22-11-21-17(10-19(22)25)23(30)18(24(31)32)12-29(21)16-2-3-16/h4,9-12,14,16H,2-3,5-8,13H2,1H3,(H,31,32)/b26-20-. The first-order chi connectivity index (χ1) is 16.5. The van der Waals surface area contributed by atoms with E-state index in [9.17, 15) is 14.7 Å². The summed E-state index contributed by atoms with van der Waals surface area (Å²) in [5.41, 5.74) is 1.62. The van der Waals surface area contributed by atoms with Crippen LogP contribution in [0.25, 0.3) is 10.9 Å². The van der Waals surface area contributed by atoms with Crippen LogP contribution in [0.4, 0.5) is 10.1 Å². The number of oxime groups is 1. The fourth-order valence-electron chi connectivity index (χ4n) is 4.48. The van der Waals surface area contributed by atoms with Crippen LogP contribution in [0.1, 0.15) is 34.8 Å². The second-order valence-electron chi connectivity index (χ2n) is 8.63. The number of piperazine rings is 1. The molecule has 1 aliphatic carbocycles. The number of furan rings is 1. The molecule has 178 valence electrons. The van der Waals surface area contributed by atoms with Gasteiger partial charge in [0.25, 0.3) is 0 Å². The summed E-state index contributed by atoms with van der Waals surface area (Å²) in [5.74, 6) is -1.82. The molecule has 2 aromatic heterocycles. The topological polar surface area (TPSA) is 101 Å². The molecule has 5 rings (SSSR count). The predicted molar refractivity (Wildman–Crippen MR) is 124 cm³/mol. The van der Waals surface area contributed by atoms with Gasteiger partial charge in [0.15, 0.2) is 0 Å². The van der Waals surface area contributed by atoms with Gasteiger partial charge in [0.2, 0.25) is 5.43 Å². The van der Waals surface area contributed by atoms with Gasteiger partial charge < -0.3 is 23.8 Å². The number of anilines is 1. The molecule has 0 bridgehead atoms. The van der Waals surface area contributed by atoms with Crippen LogP contribution in [-0.2, 0) is 4.84 Å². The number of benzene rings is 1. The molecule has 34 heavy (non-hydrogen) atoms. The Bertz CT molecular complexity index is 1310. The Balaban J connectivity index is 1.39. The highest BCUT2D eigenvalue weighted by Crippen LogP contribution is 2.38. The van der Waals surface area contributed by atoms with Crippen molar-refractivity contribution >= 4 is 28.3 Å². The Morgan fingerprint density at radius 2 is 2.03 bits per heavy atom. The van der Waals surface area contributed by atoms with E-state index >= 15 is 4.39 Å². The summed E-state index contributed by atoms with van der Waals surface area (Å²) >= 11 is 0. The van der Waals surface area contributed by atoms with Crippen LogP contribution in [0, 0.1) is 5.82 Å². The summed E-state index contributed by atoms with van der Waals surface area (Å²) in [6, 6.07) is 4.84. The molecule has 2 fully saturated rings. The van der Waals surface area contributed by atoms with Crippen molar-refractivity contribution in [2.75, 3.05) is 44.7 Å². The summed E-state index contributed by atoms with van der Waals surface area (Å²) < 4.78 is 22.1. The van der Waals surface area contributed by atoms with Crippen LogP contribution in [0.2, 0.25) is 0 Å². The average Bonchev–Trinajstić information content (AvgIpc) is 3.52. The lowest BCUT2D eigenvalue weighted by Crippen LogP contribution is -2.48. The number of aromatic nitrogens is 1. The van der Waals surface area contributed by atoms with Crippen molar-refractivity contribution in [1.82, 2.24) is 9.47 Å². The SMILES string of the molecule is CO/N=C(/CN1CCN(c2cc3c(cc2F)c(=O)c(C(=O)O)cn3C2CC2)CC1)c1ccoc1. The number of fused-ring (bicyclic) bond motifs is 1. The second kappa shape index (κ2) is 8.94. The van der Waals surface area contributed by atoms with Gasteiger partial charge >= 0.3 is 5.97 Å². The van der Waals surface area contributed by atoms with Gasteiger partial charge in [-0.2, -0.15) is 0 Å². The van der Waals surface area contributed by atoms with Crippen molar-refractivity contribution in [3.8, 4) is 0 Å². The van der Waals surface area contributed by atoms with Crippen LogP contribution in [-0.4, -0.2) is 66.1 Å². The van der Waals surface area contributed by atoms with Crippen molar-refractivity contribution in [3.63, 3.8) is 0 Å². The number of rotatable bonds is 7. The van der Waals surface area contributed by atoms with Gasteiger partial charge in [-0.25, -0.2) is 9.18 Å². The monoisotopic (exact) mass is 468 g/mol. The minimum Gasteiger partial charge on any atom is -0.477 e. The first-order valence-corrected chi connectivity index (χ1v) is 11.2. The Kier molecular flexibility index (Phi) is 5.82. The lowest BCUT2D eigenvalue weighted by atomic mass is 10.1. The van der Waals surface area contributed by atoms with Crippen molar-refractivity contribution in [2.24, 2.45) is 5.16 Å². The number of carboxylic acid groups (broad SMARTS) is 1. The Morgan fingerprint density at radius 1 is 1.26 bits per heavy atom. The fraction of sp³-hybridized carbons (Fsp3) is 0.375. The number of nitrogens with zero attached hydrogens (tertiary/aromatic N) is 4. The molecular formula is C24H25FN4O5. The molecular weight excluding hydrogens is 443 g/mol. The maximum atomic E-state index is 15.2. The van der Waals surface area contributed by atoms with E-state index in [1.807, 2.05) is 15.5 Å². The molecule has 1 aliphatic heterocycles. The summed E-state index contributed by atoms with van der Waals surface area (Å²) in [6.07, 6.45) is 6.42. The van der Waals surface area contributed by atoms with Gasteiger partial charge in [-0.05, 0) is 31.0 Å². The lowest BCUT2D eigenvalue weighted by molar-refractivity contribution is 0.0695. The first kappa shape index (κ1) is 22.1. The third kappa shape index (κ3) is 4.16. The van der Waals surface area contributed by atoms with Crippen LogP contribution >= 0.6 is 0 Å².